The number of hydrogen-bond acceptors (Lipinski definition) is 5. The van der Waals surface area contributed by atoms with Gasteiger partial charge in [0.2, 0.25) is 0 Å². The Balaban J connectivity index is 1.62. The minimum absolute atomic E-state index is 0.0114. The predicted molar refractivity (Wildman–Crippen MR) is 81.8 cm³/mol. The monoisotopic (exact) mass is 335 g/mol. The molecule has 0 atom stereocenters. The van der Waals surface area contributed by atoms with E-state index in [0.717, 1.165) is 10.2 Å². The smallest absolute Gasteiger partial charge is 0.387 e. The number of rotatable bonds is 5. The number of benzene rings is 2. The molecule has 0 aliphatic rings. The van der Waals surface area contributed by atoms with E-state index < -0.39 is 12.6 Å². The molecule has 1 heterocycles. The number of ether oxygens (including phenoxy) is 2. The van der Waals surface area contributed by atoms with Crippen LogP contribution in [0.25, 0.3) is 10.2 Å². The summed E-state index contributed by atoms with van der Waals surface area (Å²) in [6.45, 7) is -2.83. The normalized spacial score (nSPS) is 10.9. The fraction of sp³-hybridized carbons (Fsp3) is 0.125. The lowest BCUT2D eigenvalue weighted by Crippen LogP contribution is -2.06. The highest BCUT2D eigenvalue weighted by atomic mass is 32.1. The number of para-hydroxylation sites is 1. The Morgan fingerprint density at radius 1 is 1.13 bits per heavy atom. The third-order valence-corrected chi connectivity index (χ3v) is 3.99. The van der Waals surface area contributed by atoms with E-state index in [1.807, 2.05) is 24.3 Å². The summed E-state index contributed by atoms with van der Waals surface area (Å²) >= 11 is 1.45. The van der Waals surface area contributed by atoms with Gasteiger partial charge in [-0.2, -0.15) is 8.78 Å². The molecule has 0 aliphatic heterocycles. The van der Waals surface area contributed by atoms with E-state index in [2.05, 4.69) is 9.72 Å². The predicted octanol–water partition coefficient (Wildman–Crippen LogP) is 4.25. The molecular weight excluding hydrogens is 324 g/mol. The second kappa shape index (κ2) is 6.70. The molecule has 0 bridgehead atoms. The minimum Gasteiger partial charge on any atom is -0.455 e. The topological polar surface area (TPSA) is 48.4 Å². The van der Waals surface area contributed by atoms with E-state index in [0.29, 0.717) is 5.01 Å². The maximum Gasteiger partial charge on any atom is 0.387 e. The van der Waals surface area contributed by atoms with E-state index >= 15 is 0 Å². The van der Waals surface area contributed by atoms with Crippen LogP contribution in [0, 0.1) is 0 Å². The molecule has 0 radical (unpaired) electrons. The van der Waals surface area contributed by atoms with Gasteiger partial charge in [-0.1, -0.05) is 12.1 Å². The van der Waals surface area contributed by atoms with Crippen LogP contribution in [0.5, 0.6) is 5.75 Å². The Hall–Kier alpha value is -2.54. The van der Waals surface area contributed by atoms with Crippen LogP contribution in [-0.2, 0) is 11.3 Å². The van der Waals surface area contributed by atoms with Gasteiger partial charge >= 0.3 is 12.6 Å². The quantitative estimate of drug-likeness (QED) is 0.654. The molecule has 0 N–H and O–H groups in total. The standard InChI is InChI=1S/C16H11F2NO3S/c17-16(18)22-11-7-5-10(6-8-11)15(20)21-9-14-19-12-3-1-2-4-13(12)23-14/h1-8,16H,9H2. The van der Waals surface area contributed by atoms with Crippen molar-refractivity contribution in [3.8, 4) is 5.75 Å². The average Bonchev–Trinajstić information content (AvgIpc) is 2.95. The van der Waals surface area contributed by atoms with E-state index in [4.69, 9.17) is 4.74 Å². The number of esters is 1. The fourth-order valence-electron chi connectivity index (χ4n) is 1.96. The molecule has 0 aliphatic carbocycles. The molecule has 3 rings (SSSR count). The molecule has 1 aromatic heterocycles. The molecule has 0 saturated heterocycles. The number of nitrogens with zero attached hydrogens (tertiary/aromatic N) is 1. The molecule has 0 saturated carbocycles. The highest BCUT2D eigenvalue weighted by Gasteiger charge is 2.11. The molecule has 0 spiro atoms. The molecule has 0 amide bonds. The van der Waals surface area contributed by atoms with Crippen LogP contribution in [0.3, 0.4) is 0 Å². The van der Waals surface area contributed by atoms with Crippen molar-refractivity contribution in [1.29, 1.82) is 0 Å². The van der Waals surface area contributed by atoms with Crippen LogP contribution in [-0.4, -0.2) is 17.6 Å². The molecular formula is C16H11F2NO3S. The first kappa shape index (κ1) is 15.4. The molecule has 0 unspecified atom stereocenters. The summed E-state index contributed by atoms with van der Waals surface area (Å²) in [6.07, 6.45) is 0. The zero-order chi connectivity index (χ0) is 16.2. The SMILES string of the molecule is O=C(OCc1nc2ccccc2s1)c1ccc(OC(F)F)cc1. The van der Waals surface area contributed by atoms with Gasteiger partial charge in [0.05, 0.1) is 15.8 Å². The lowest BCUT2D eigenvalue weighted by atomic mass is 10.2. The van der Waals surface area contributed by atoms with Crippen LogP contribution < -0.4 is 4.74 Å². The van der Waals surface area contributed by atoms with Gasteiger partial charge in [-0.3, -0.25) is 0 Å². The van der Waals surface area contributed by atoms with Crippen LogP contribution in [0.1, 0.15) is 15.4 Å². The molecule has 4 nitrogen and oxygen atoms in total. The first-order valence-electron chi connectivity index (χ1n) is 6.68. The van der Waals surface area contributed by atoms with Crippen molar-refractivity contribution < 1.29 is 23.0 Å². The van der Waals surface area contributed by atoms with E-state index in [-0.39, 0.29) is 17.9 Å². The average molecular weight is 335 g/mol. The summed E-state index contributed by atoms with van der Waals surface area (Å²) in [5.41, 5.74) is 1.12. The van der Waals surface area contributed by atoms with Crippen molar-refractivity contribution >= 4 is 27.5 Å². The van der Waals surface area contributed by atoms with Crippen molar-refractivity contribution in [2.45, 2.75) is 13.2 Å². The zero-order valence-corrected chi connectivity index (χ0v) is 12.6. The Bertz CT molecular complexity index is 785. The van der Waals surface area contributed by atoms with Gasteiger partial charge in [0, 0.05) is 0 Å². The number of aromatic nitrogens is 1. The molecule has 0 fully saturated rings. The van der Waals surface area contributed by atoms with Gasteiger partial charge in [-0.25, -0.2) is 9.78 Å². The number of halogens is 2. The van der Waals surface area contributed by atoms with Crippen LogP contribution in [0.15, 0.2) is 48.5 Å². The third-order valence-electron chi connectivity index (χ3n) is 2.98. The Morgan fingerprint density at radius 3 is 2.57 bits per heavy atom. The minimum atomic E-state index is -2.90. The lowest BCUT2D eigenvalue weighted by molar-refractivity contribution is -0.0498. The van der Waals surface area contributed by atoms with Gasteiger partial charge in [-0.15, -0.1) is 11.3 Å². The Kier molecular flexibility index (Phi) is 4.47. The van der Waals surface area contributed by atoms with Crippen molar-refractivity contribution in [1.82, 2.24) is 4.98 Å². The largest absolute Gasteiger partial charge is 0.455 e. The highest BCUT2D eigenvalue weighted by molar-refractivity contribution is 7.18. The second-order valence-corrected chi connectivity index (χ2v) is 5.67. The molecule has 118 valence electrons. The van der Waals surface area contributed by atoms with Crippen molar-refractivity contribution in [2.75, 3.05) is 0 Å². The lowest BCUT2D eigenvalue weighted by Gasteiger charge is -2.05. The van der Waals surface area contributed by atoms with E-state index in [1.54, 1.807) is 0 Å². The van der Waals surface area contributed by atoms with Gasteiger partial charge in [0.15, 0.2) is 0 Å². The van der Waals surface area contributed by atoms with Gasteiger partial charge in [-0.05, 0) is 36.4 Å². The third kappa shape index (κ3) is 3.81. The zero-order valence-electron chi connectivity index (χ0n) is 11.7. The molecule has 7 heteroatoms. The Labute approximate surface area is 134 Å². The molecule has 23 heavy (non-hydrogen) atoms. The maximum absolute atomic E-state index is 12.1. The summed E-state index contributed by atoms with van der Waals surface area (Å²) < 4.78 is 34.5. The van der Waals surface area contributed by atoms with Crippen molar-refractivity contribution in [3.63, 3.8) is 0 Å². The van der Waals surface area contributed by atoms with Crippen LogP contribution >= 0.6 is 11.3 Å². The summed E-state index contributed by atoms with van der Waals surface area (Å²) in [6, 6.07) is 13.0. The number of carbonyl (C=O) groups excluding carboxylic acids is 1. The number of alkyl halides is 2. The highest BCUT2D eigenvalue weighted by Crippen LogP contribution is 2.22. The van der Waals surface area contributed by atoms with Crippen molar-refractivity contribution in [3.05, 3.63) is 59.1 Å². The first-order chi connectivity index (χ1) is 11.1. The number of carbonyl (C=O) groups is 1. The second-order valence-electron chi connectivity index (χ2n) is 4.55. The van der Waals surface area contributed by atoms with Crippen LogP contribution in [0.2, 0.25) is 0 Å². The van der Waals surface area contributed by atoms with Gasteiger partial charge < -0.3 is 9.47 Å². The maximum atomic E-state index is 12.1. The fourth-order valence-corrected chi connectivity index (χ4v) is 2.85. The number of fused-ring (bicyclic) bond motifs is 1. The van der Waals surface area contributed by atoms with Crippen LogP contribution in [0.4, 0.5) is 8.78 Å². The summed E-state index contributed by atoms with van der Waals surface area (Å²) in [4.78, 5) is 16.3. The first-order valence-corrected chi connectivity index (χ1v) is 7.50. The van der Waals surface area contributed by atoms with Gasteiger partial charge in [0.1, 0.15) is 17.4 Å². The Morgan fingerprint density at radius 2 is 1.87 bits per heavy atom. The molecule has 3 aromatic rings. The van der Waals surface area contributed by atoms with Gasteiger partial charge in [0.25, 0.3) is 0 Å². The summed E-state index contributed by atoms with van der Waals surface area (Å²) in [7, 11) is 0. The van der Waals surface area contributed by atoms with Crippen molar-refractivity contribution in [2.24, 2.45) is 0 Å². The molecule has 2 aromatic carbocycles. The summed E-state index contributed by atoms with van der Waals surface area (Å²) in [5, 5.41) is 0.692. The number of hydrogen-bond donors (Lipinski definition) is 0. The number of thiazole rings is 1. The van der Waals surface area contributed by atoms with E-state index in [9.17, 15) is 13.6 Å². The van der Waals surface area contributed by atoms with E-state index in [1.165, 1.54) is 35.6 Å². The summed E-state index contributed by atoms with van der Waals surface area (Å²) in [5.74, 6) is -0.560.